The van der Waals surface area contributed by atoms with Crippen molar-refractivity contribution in [3.8, 4) is 0 Å². The maximum absolute atomic E-state index is 11.9. The molecule has 0 bridgehead atoms. The van der Waals surface area contributed by atoms with Gasteiger partial charge < -0.3 is 15.7 Å². The summed E-state index contributed by atoms with van der Waals surface area (Å²) in [6.07, 6.45) is 6.66. The van der Waals surface area contributed by atoms with E-state index in [0.29, 0.717) is 11.5 Å². The molecule has 1 saturated carbocycles. The standard InChI is InChI=1S/C12H21N3O3S2/c1-20(17,18)10-11(13)14-19-12(10)15(7-8-16)9-5-3-2-4-6-9/h9,16H,2-8H2,1H3,(H2,13,14). The third-order valence-electron chi connectivity index (χ3n) is 3.65. The quantitative estimate of drug-likeness (QED) is 0.848. The average molecular weight is 319 g/mol. The number of hydrogen-bond acceptors (Lipinski definition) is 7. The summed E-state index contributed by atoms with van der Waals surface area (Å²) in [4.78, 5) is 2.09. The van der Waals surface area contributed by atoms with E-state index in [1.165, 1.54) is 6.42 Å². The lowest BCUT2D eigenvalue weighted by atomic mass is 9.94. The average Bonchev–Trinajstić information content (AvgIpc) is 2.78. The van der Waals surface area contributed by atoms with Gasteiger partial charge in [-0.3, -0.25) is 0 Å². The lowest BCUT2D eigenvalue weighted by Crippen LogP contribution is -2.39. The van der Waals surface area contributed by atoms with Crippen LogP contribution in [-0.4, -0.2) is 43.3 Å². The molecule has 114 valence electrons. The Morgan fingerprint density at radius 3 is 2.60 bits per heavy atom. The normalized spacial score (nSPS) is 17.3. The van der Waals surface area contributed by atoms with E-state index in [-0.39, 0.29) is 23.4 Å². The van der Waals surface area contributed by atoms with E-state index in [4.69, 9.17) is 5.73 Å². The smallest absolute Gasteiger partial charge is 0.182 e. The molecule has 1 aromatic heterocycles. The van der Waals surface area contributed by atoms with Gasteiger partial charge in [-0.1, -0.05) is 19.3 Å². The van der Waals surface area contributed by atoms with E-state index in [0.717, 1.165) is 43.5 Å². The first-order valence-corrected chi connectivity index (χ1v) is 9.44. The second-order valence-electron chi connectivity index (χ2n) is 5.18. The van der Waals surface area contributed by atoms with Crippen LogP contribution in [0.25, 0.3) is 0 Å². The van der Waals surface area contributed by atoms with Crippen LogP contribution in [0, 0.1) is 0 Å². The molecule has 0 aromatic carbocycles. The number of sulfone groups is 1. The molecule has 8 heteroatoms. The minimum absolute atomic E-state index is 0.0164. The number of rotatable bonds is 5. The third kappa shape index (κ3) is 3.24. The Morgan fingerprint density at radius 1 is 1.40 bits per heavy atom. The third-order valence-corrected chi connectivity index (χ3v) is 5.82. The van der Waals surface area contributed by atoms with E-state index in [9.17, 15) is 13.5 Å². The van der Waals surface area contributed by atoms with Crippen molar-refractivity contribution in [2.75, 3.05) is 30.0 Å². The van der Waals surface area contributed by atoms with Crippen molar-refractivity contribution in [1.29, 1.82) is 0 Å². The Balaban J connectivity index is 2.39. The summed E-state index contributed by atoms with van der Waals surface area (Å²) >= 11 is 1.11. The van der Waals surface area contributed by atoms with Gasteiger partial charge in [-0.15, -0.1) is 0 Å². The Hall–Kier alpha value is -0.860. The van der Waals surface area contributed by atoms with Crippen molar-refractivity contribution in [2.45, 2.75) is 43.0 Å². The largest absolute Gasteiger partial charge is 0.395 e. The molecule has 0 aliphatic heterocycles. The topological polar surface area (TPSA) is 96.5 Å². The second kappa shape index (κ2) is 6.28. The fourth-order valence-corrected chi connectivity index (χ4v) is 5.06. The highest BCUT2D eigenvalue weighted by Gasteiger charge is 2.29. The second-order valence-corrected chi connectivity index (χ2v) is 7.89. The highest BCUT2D eigenvalue weighted by atomic mass is 32.2. The van der Waals surface area contributed by atoms with Gasteiger partial charge in [0.25, 0.3) is 0 Å². The van der Waals surface area contributed by atoms with Crippen LogP contribution in [0.3, 0.4) is 0 Å². The minimum Gasteiger partial charge on any atom is -0.395 e. The van der Waals surface area contributed by atoms with Crippen molar-refractivity contribution < 1.29 is 13.5 Å². The molecule has 2 rings (SSSR count). The Bertz CT molecular complexity index is 550. The predicted molar refractivity (Wildman–Crippen MR) is 80.9 cm³/mol. The summed E-state index contributed by atoms with van der Waals surface area (Å²) in [5.41, 5.74) is 5.72. The van der Waals surface area contributed by atoms with E-state index >= 15 is 0 Å². The van der Waals surface area contributed by atoms with Crippen molar-refractivity contribution in [3.05, 3.63) is 0 Å². The van der Waals surface area contributed by atoms with E-state index < -0.39 is 9.84 Å². The number of hydrogen-bond donors (Lipinski definition) is 2. The van der Waals surface area contributed by atoms with Gasteiger partial charge in [0.15, 0.2) is 15.7 Å². The van der Waals surface area contributed by atoms with Crippen LogP contribution in [0.2, 0.25) is 0 Å². The summed E-state index contributed by atoms with van der Waals surface area (Å²) < 4.78 is 27.8. The lowest BCUT2D eigenvalue weighted by Gasteiger charge is -2.34. The zero-order valence-electron chi connectivity index (χ0n) is 11.6. The molecule has 20 heavy (non-hydrogen) atoms. The molecule has 1 fully saturated rings. The summed E-state index contributed by atoms with van der Waals surface area (Å²) in [5.74, 6) is 0.0613. The van der Waals surface area contributed by atoms with Gasteiger partial charge in [0.05, 0.1) is 6.61 Å². The SMILES string of the molecule is CS(=O)(=O)c1c(N)nsc1N(CCO)C1CCCCC1. The number of nitrogen functional groups attached to an aromatic ring is 1. The number of nitrogens with zero attached hydrogens (tertiary/aromatic N) is 2. The molecule has 1 aromatic rings. The van der Waals surface area contributed by atoms with Crippen molar-refractivity contribution in [1.82, 2.24) is 4.37 Å². The Kier molecular flexibility index (Phi) is 4.87. The molecule has 0 spiro atoms. The van der Waals surface area contributed by atoms with Gasteiger partial charge in [0, 0.05) is 18.8 Å². The highest BCUT2D eigenvalue weighted by Crippen LogP contribution is 2.37. The van der Waals surface area contributed by atoms with Crippen LogP contribution in [0.4, 0.5) is 10.8 Å². The van der Waals surface area contributed by atoms with Crippen LogP contribution in [0.15, 0.2) is 4.90 Å². The van der Waals surface area contributed by atoms with Crippen LogP contribution in [0.1, 0.15) is 32.1 Å². The molecule has 6 nitrogen and oxygen atoms in total. The molecule has 1 heterocycles. The highest BCUT2D eigenvalue weighted by molar-refractivity contribution is 7.91. The maximum atomic E-state index is 11.9. The molecule has 0 atom stereocenters. The molecule has 0 amide bonds. The van der Waals surface area contributed by atoms with Crippen molar-refractivity contribution in [2.24, 2.45) is 0 Å². The summed E-state index contributed by atoms with van der Waals surface area (Å²) in [5, 5.41) is 9.87. The van der Waals surface area contributed by atoms with E-state index in [2.05, 4.69) is 4.37 Å². The minimum atomic E-state index is -3.42. The number of aromatic nitrogens is 1. The summed E-state index contributed by atoms with van der Waals surface area (Å²) in [7, 11) is -3.42. The number of aliphatic hydroxyl groups excluding tert-OH is 1. The van der Waals surface area contributed by atoms with Crippen molar-refractivity contribution in [3.63, 3.8) is 0 Å². The molecule has 0 saturated heterocycles. The molecule has 1 aliphatic rings. The first kappa shape index (κ1) is 15.5. The van der Waals surface area contributed by atoms with Crippen LogP contribution < -0.4 is 10.6 Å². The Morgan fingerprint density at radius 2 is 2.05 bits per heavy atom. The molecule has 3 N–H and O–H groups in total. The van der Waals surface area contributed by atoms with Crippen LogP contribution in [-0.2, 0) is 9.84 Å². The maximum Gasteiger partial charge on any atom is 0.182 e. The zero-order valence-corrected chi connectivity index (χ0v) is 13.2. The van der Waals surface area contributed by atoms with Gasteiger partial charge in [0.1, 0.15) is 9.90 Å². The fraction of sp³-hybridized carbons (Fsp3) is 0.750. The molecular formula is C12H21N3O3S2. The first-order chi connectivity index (χ1) is 9.45. The van der Waals surface area contributed by atoms with E-state index in [1.807, 2.05) is 4.90 Å². The molecule has 0 radical (unpaired) electrons. The van der Waals surface area contributed by atoms with Gasteiger partial charge in [0.2, 0.25) is 0 Å². The first-order valence-electron chi connectivity index (χ1n) is 6.78. The van der Waals surface area contributed by atoms with Crippen molar-refractivity contribution >= 4 is 32.2 Å². The van der Waals surface area contributed by atoms with Crippen LogP contribution >= 0.6 is 11.5 Å². The van der Waals surface area contributed by atoms with Gasteiger partial charge in [-0.25, -0.2) is 8.42 Å². The molecule has 0 unspecified atom stereocenters. The predicted octanol–water partition coefficient (Wildman–Crippen LogP) is 1.26. The number of aliphatic hydroxyl groups is 1. The Labute approximate surface area is 123 Å². The number of anilines is 2. The van der Waals surface area contributed by atoms with Gasteiger partial charge >= 0.3 is 0 Å². The number of nitrogens with two attached hydrogens (primary N) is 1. The molecular weight excluding hydrogens is 298 g/mol. The van der Waals surface area contributed by atoms with Gasteiger partial charge in [-0.2, -0.15) is 4.37 Å². The summed E-state index contributed by atoms with van der Waals surface area (Å²) in [6.45, 7) is 0.395. The van der Waals surface area contributed by atoms with Gasteiger partial charge in [-0.05, 0) is 24.4 Å². The monoisotopic (exact) mass is 319 g/mol. The van der Waals surface area contributed by atoms with Crippen LogP contribution in [0.5, 0.6) is 0 Å². The summed E-state index contributed by atoms with van der Waals surface area (Å²) in [6, 6.07) is 0.260. The van der Waals surface area contributed by atoms with E-state index in [1.54, 1.807) is 0 Å². The fourth-order valence-electron chi connectivity index (χ4n) is 2.77. The molecule has 1 aliphatic carbocycles. The lowest BCUT2D eigenvalue weighted by molar-refractivity contribution is 0.290. The zero-order chi connectivity index (χ0) is 14.8.